The van der Waals surface area contributed by atoms with E-state index in [0.717, 1.165) is 0 Å². The summed E-state index contributed by atoms with van der Waals surface area (Å²) in [6.45, 7) is 5.43. The number of esters is 1. The van der Waals surface area contributed by atoms with E-state index in [1.165, 1.54) is 30.7 Å². The van der Waals surface area contributed by atoms with Gasteiger partial charge in [0.2, 0.25) is 0 Å². The number of hydrogen-bond donors (Lipinski definition) is 3. The summed E-state index contributed by atoms with van der Waals surface area (Å²) in [6.07, 6.45) is 0.547. The molecule has 0 saturated heterocycles. The van der Waals surface area contributed by atoms with Gasteiger partial charge in [-0.05, 0) is 6.92 Å². The van der Waals surface area contributed by atoms with Crippen molar-refractivity contribution in [3.05, 3.63) is 23.7 Å². The van der Waals surface area contributed by atoms with Crippen molar-refractivity contribution in [1.29, 1.82) is 0 Å². The summed E-state index contributed by atoms with van der Waals surface area (Å²) in [5, 5.41) is 9.22. The molecule has 1 heterocycles. The lowest BCUT2D eigenvalue weighted by Crippen LogP contribution is -2.43. The summed E-state index contributed by atoms with van der Waals surface area (Å²) >= 11 is 1.23. The van der Waals surface area contributed by atoms with Crippen molar-refractivity contribution in [3.8, 4) is 0 Å². The van der Waals surface area contributed by atoms with Crippen LogP contribution in [0.5, 0.6) is 0 Å². The standard InChI is InChI=1S/C12H16N4O4S/c1-4-5-14-12-15-8(6-21-12)10(18)20-7(2)9(17)16-11(19)13-3/h4,6-7H,1,5H2,2-3H3,(H,14,15)(H2,13,16,17,19). The maximum absolute atomic E-state index is 11.8. The number of imide groups is 1. The molecule has 3 amide bonds. The van der Waals surface area contributed by atoms with E-state index in [2.05, 4.69) is 22.2 Å². The van der Waals surface area contributed by atoms with Crippen LogP contribution >= 0.6 is 11.3 Å². The molecule has 8 nitrogen and oxygen atoms in total. The van der Waals surface area contributed by atoms with Gasteiger partial charge < -0.3 is 15.4 Å². The fraction of sp³-hybridized carbons (Fsp3) is 0.333. The molecule has 1 aromatic heterocycles. The third-order valence-corrected chi connectivity index (χ3v) is 3.03. The smallest absolute Gasteiger partial charge is 0.358 e. The van der Waals surface area contributed by atoms with Crippen LogP contribution in [0.4, 0.5) is 9.93 Å². The molecule has 21 heavy (non-hydrogen) atoms. The molecule has 0 aliphatic rings. The van der Waals surface area contributed by atoms with E-state index < -0.39 is 24.0 Å². The summed E-state index contributed by atoms with van der Waals surface area (Å²) < 4.78 is 4.93. The van der Waals surface area contributed by atoms with Crippen molar-refractivity contribution >= 4 is 34.4 Å². The lowest BCUT2D eigenvalue weighted by atomic mass is 10.3. The van der Waals surface area contributed by atoms with E-state index in [1.54, 1.807) is 6.08 Å². The third-order valence-electron chi connectivity index (χ3n) is 2.23. The maximum atomic E-state index is 11.8. The molecule has 0 aliphatic heterocycles. The first kappa shape index (κ1) is 16.6. The number of nitrogens with one attached hydrogen (secondary N) is 3. The summed E-state index contributed by atoms with van der Waals surface area (Å²) in [5.41, 5.74) is 0.0890. The Morgan fingerprint density at radius 3 is 2.86 bits per heavy atom. The van der Waals surface area contributed by atoms with Crippen LogP contribution in [0, 0.1) is 0 Å². The number of ether oxygens (including phenoxy) is 1. The Kier molecular flexibility index (Phi) is 6.34. The van der Waals surface area contributed by atoms with Crippen LogP contribution in [0.1, 0.15) is 17.4 Å². The number of thiazole rings is 1. The molecule has 0 fully saturated rings. The van der Waals surface area contributed by atoms with Gasteiger partial charge in [0.25, 0.3) is 5.91 Å². The van der Waals surface area contributed by atoms with Crippen LogP contribution in [0.25, 0.3) is 0 Å². The van der Waals surface area contributed by atoms with E-state index >= 15 is 0 Å². The molecular weight excluding hydrogens is 296 g/mol. The van der Waals surface area contributed by atoms with E-state index in [-0.39, 0.29) is 5.69 Å². The van der Waals surface area contributed by atoms with Crippen molar-refractivity contribution in [2.45, 2.75) is 13.0 Å². The highest BCUT2D eigenvalue weighted by atomic mass is 32.1. The number of carbonyl (C=O) groups excluding carboxylic acids is 3. The van der Waals surface area contributed by atoms with E-state index in [1.807, 2.05) is 5.32 Å². The summed E-state index contributed by atoms with van der Waals surface area (Å²) in [6, 6.07) is -0.674. The summed E-state index contributed by atoms with van der Waals surface area (Å²) in [4.78, 5) is 38.3. The molecule has 0 aliphatic carbocycles. The van der Waals surface area contributed by atoms with Crippen LogP contribution in [0.3, 0.4) is 0 Å². The molecule has 3 N–H and O–H groups in total. The fourth-order valence-electron chi connectivity index (χ4n) is 1.16. The van der Waals surface area contributed by atoms with Crippen LogP contribution in [0.15, 0.2) is 18.0 Å². The van der Waals surface area contributed by atoms with Gasteiger partial charge >= 0.3 is 12.0 Å². The largest absolute Gasteiger partial charge is 0.448 e. The molecule has 0 aromatic carbocycles. The highest BCUT2D eigenvalue weighted by Gasteiger charge is 2.21. The number of urea groups is 1. The quantitative estimate of drug-likeness (QED) is 0.528. The maximum Gasteiger partial charge on any atom is 0.358 e. The molecule has 0 spiro atoms. The molecule has 0 bridgehead atoms. The van der Waals surface area contributed by atoms with Crippen LogP contribution in [-0.2, 0) is 9.53 Å². The molecule has 1 unspecified atom stereocenters. The van der Waals surface area contributed by atoms with Gasteiger partial charge in [-0.3, -0.25) is 10.1 Å². The Balaban J connectivity index is 2.55. The second-order valence-corrected chi connectivity index (χ2v) is 4.68. The number of carbonyl (C=O) groups is 3. The Bertz CT molecular complexity index is 543. The lowest BCUT2D eigenvalue weighted by Gasteiger charge is -2.11. The lowest BCUT2D eigenvalue weighted by molar-refractivity contribution is -0.127. The Morgan fingerprint density at radius 1 is 1.52 bits per heavy atom. The highest BCUT2D eigenvalue weighted by Crippen LogP contribution is 2.16. The second-order valence-electron chi connectivity index (χ2n) is 3.82. The highest BCUT2D eigenvalue weighted by molar-refractivity contribution is 7.13. The SMILES string of the molecule is C=CCNc1nc(C(=O)OC(C)C(=O)NC(=O)NC)cs1. The molecule has 114 valence electrons. The van der Waals surface area contributed by atoms with E-state index in [4.69, 9.17) is 4.74 Å². The van der Waals surface area contributed by atoms with Crippen molar-refractivity contribution in [3.63, 3.8) is 0 Å². The molecular formula is C12H16N4O4S. The Morgan fingerprint density at radius 2 is 2.24 bits per heavy atom. The number of rotatable bonds is 6. The number of nitrogens with zero attached hydrogens (tertiary/aromatic N) is 1. The first-order chi connectivity index (χ1) is 9.97. The normalized spacial score (nSPS) is 11.1. The number of hydrogen-bond acceptors (Lipinski definition) is 7. The summed E-state index contributed by atoms with van der Waals surface area (Å²) in [5.74, 6) is -1.46. The predicted octanol–water partition coefficient (Wildman–Crippen LogP) is 0.742. The molecule has 1 rings (SSSR count). The minimum Gasteiger partial charge on any atom is -0.448 e. The zero-order chi connectivity index (χ0) is 15.8. The first-order valence-corrected chi connectivity index (χ1v) is 6.89. The molecule has 0 radical (unpaired) electrons. The van der Waals surface area contributed by atoms with Gasteiger partial charge in [-0.1, -0.05) is 6.08 Å². The van der Waals surface area contributed by atoms with Crippen LogP contribution < -0.4 is 16.0 Å². The van der Waals surface area contributed by atoms with Gasteiger partial charge in [-0.2, -0.15) is 0 Å². The topological polar surface area (TPSA) is 109 Å². The van der Waals surface area contributed by atoms with Gasteiger partial charge in [0.05, 0.1) is 0 Å². The summed E-state index contributed by atoms with van der Waals surface area (Å²) in [7, 11) is 1.37. The number of anilines is 1. The minimum atomic E-state index is -1.11. The molecule has 1 atom stereocenters. The number of amides is 3. The predicted molar refractivity (Wildman–Crippen MR) is 78.3 cm³/mol. The zero-order valence-corrected chi connectivity index (χ0v) is 12.5. The molecule has 9 heteroatoms. The first-order valence-electron chi connectivity index (χ1n) is 6.01. The Hall–Kier alpha value is -2.42. The average Bonchev–Trinajstić information content (AvgIpc) is 2.93. The molecule has 0 saturated carbocycles. The Labute approximate surface area is 125 Å². The van der Waals surface area contributed by atoms with Crippen molar-refractivity contribution in [2.75, 3.05) is 18.9 Å². The van der Waals surface area contributed by atoms with Crippen molar-refractivity contribution in [2.24, 2.45) is 0 Å². The number of aromatic nitrogens is 1. The van der Waals surface area contributed by atoms with Gasteiger partial charge in [0.15, 0.2) is 16.9 Å². The van der Waals surface area contributed by atoms with Crippen molar-refractivity contribution in [1.82, 2.24) is 15.6 Å². The van der Waals surface area contributed by atoms with Gasteiger partial charge in [0.1, 0.15) is 0 Å². The van der Waals surface area contributed by atoms with Gasteiger partial charge in [-0.15, -0.1) is 17.9 Å². The minimum absolute atomic E-state index is 0.0890. The van der Waals surface area contributed by atoms with Crippen LogP contribution in [-0.4, -0.2) is 42.6 Å². The van der Waals surface area contributed by atoms with Crippen molar-refractivity contribution < 1.29 is 19.1 Å². The fourth-order valence-corrected chi connectivity index (χ4v) is 1.85. The van der Waals surface area contributed by atoms with E-state index in [9.17, 15) is 14.4 Å². The zero-order valence-electron chi connectivity index (χ0n) is 11.6. The van der Waals surface area contributed by atoms with Crippen LogP contribution in [0.2, 0.25) is 0 Å². The van der Waals surface area contributed by atoms with Gasteiger partial charge in [0, 0.05) is 19.0 Å². The second kappa shape index (κ2) is 8.00. The third kappa shape index (κ3) is 5.22. The molecule has 1 aromatic rings. The average molecular weight is 312 g/mol. The van der Waals surface area contributed by atoms with Gasteiger partial charge in [-0.25, -0.2) is 14.6 Å². The van der Waals surface area contributed by atoms with E-state index in [0.29, 0.717) is 11.7 Å². The monoisotopic (exact) mass is 312 g/mol.